The molecule has 6 nitrogen and oxygen atoms in total. The van der Waals surface area contributed by atoms with Gasteiger partial charge in [0.1, 0.15) is 11.6 Å². The van der Waals surface area contributed by atoms with Crippen LogP contribution in [0.25, 0.3) is 0 Å². The van der Waals surface area contributed by atoms with E-state index < -0.39 is 0 Å². The molecule has 0 unspecified atom stereocenters. The maximum Gasteiger partial charge on any atom is 0.252 e. The third-order valence-electron chi connectivity index (χ3n) is 3.30. The third kappa shape index (κ3) is 2.67. The fourth-order valence-corrected chi connectivity index (χ4v) is 2.13. The van der Waals surface area contributed by atoms with Crippen molar-refractivity contribution in [3.8, 4) is 0 Å². The van der Waals surface area contributed by atoms with E-state index in [2.05, 4.69) is 20.4 Å². The van der Waals surface area contributed by atoms with Gasteiger partial charge in [0.15, 0.2) is 0 Å². The number of aromatic nitrogens is 4. The molecule has 2 N–H and O–H groups in total. The number of H-pyrrole nitrogens is 1. The van der Waals surface area contributed by atoms with Gasteiger partial charge in [0.05, 0.1) is 5.69 Å². The van der Waals surface area contributed by atoms with E-state index in [0.717, 1.165) is 29.9 Å². The molecule has 1 fully saturated rings. The van der Waals surface area contributed by atoms with Gasteiger partial charge in [-0.3, -0.25) is 9.48 Å². The second-order valence-electron chi connectivity index (χ2n) is 5.06. The van der Waals surface area contributed by atoms with E-state index in [1.165, 1.54) is 6.07 Å². The average Bonchev–Trinajstić information content (AvgIpc) is 3.13. The highest BCUT2D eigenvalue weighted by Crippen LogP contribution is 2.37. The minimum absolute atomic E-state index is 0.0951. The number of nitrogens with one attached hydrogen (secondary N) is 2. The summed E-state index contributed by atoms with van der Waals surface area (Å²) in [7, 11) is 1.90. The molecule has 0 aromatic carbocycles. The molecule has 0 aliphatic heterocycles. The van der Waals surface area contributed by atoms with E-state index >= 15 is 0 Å². The molecule has 1 aliphatic rings. The molecule has 0 amide bonds. The van der Waals surface area contributed by atoms with Crippen LogP contribution in [-0.2, 0) is 13.6 Å². The zero-order valence-electron chi connectivity index (χ0n) is 11.1. The second-order valence-corrected chi connectivity index (χ2v) is 5.06. The summed E-state index contributed by atoms with van der Waals surface area (Å²) in [6, 6.07) is 1.50. The van der Waals surface area contributed by atoms with Gasteiger partial charge in [-0.05, 0) is 19.8 Å². The van der Waals surface area contributed by atoms with Crippen LogP contribution in [0.5, 0.6) is 0 Å². The van der Waals surface area contributed by atoms with Crippen LogP contribution < -0.4 is 10.9 Å². The Kier molecular flexibility index (Phi) is 2.85. The van der Waals surface area contributed by atoms with Crippen molar-refractivity contribution >= 4 is 5.82 Å². The van der Waals surface area contributed by atoms with Crippen LogP contribution in [0.2, 0.25) is 0 Å². The van der Waals surface area contributed by atoms with Gasteiger partial charge in [0.25, 0.3) is 5.56 Å². The van der Waals surface area contributed by atoms with Gasteiger partial charge < -0.3 is 10.3 Å². The fraction of sp³-hybridized carbons (Fsp3) is 0.462. The lowest BCUT2D eigenvalue weighted by Crippen LogP contribution is -2.13. The summed E-state index contributed by atoms with van der Waals surface area (Å²) < 4.78 is 1.78. The van der Waals surface area contributed by atoms with Gasteiger partial charge in [-0.1, -0.05) is 0 Å². The highest BCUT2D eigenvalue weighted by molar-refractivity contribution is 5.35. The van der Waals surface area contributed by atoms with E-state index in [0.29, 0.717) is 18.3 Å². The largest absolute Gasteiger partial charge is 0.366 e. The highest BCUT2D eigenvalue weighted by atomic mass is 16.1. The Hall–Kier alpha value is -2.11. The normalized spacial score (nSPS) is 14.6. The van der Waals surface area contributed by atoms with Crippen molar-refractivity contribution in [3.05, 3.63) is 39.7 Å². The number of hydrogen-bond acceptors (Lipinski definition) is 4. The molecule has 0 spiro atoms. The van der Waals surface area contributed by atoms with Crippen molar-refractivity contribution in [2.45, 2.75) is 32.2 Å². The predicted molar refractivity (Wildman–Crippen MR) is 72.1 cm³/mol. The lowest BCUT2D eigenvalue weighted by Gasteiger charge is -2.06. The van der Waals surface area contributed by atoms with E-state index in [4.69, 9.17) is 0 Å². The van der Waals surface area contributed by atoms with E-state index in [1.807, 2.05) is 20.2 Å². The molecule has 100 valence electrons. The number of anilines is 1. The number of nitrogens with zero attached hydrogens (tertiary/aromatic N) is 3. The molecular formula is C13H17N5O. The van der Waals surface area contributed by atoms with Crippen LogP contribution >= 0.6 is 0 Å². The summed E-state index contributed by atoms with van der Waals surface area (Å²) in [5, 5.41) is 7.48. The summed E-state index contributed by atoms with van der Waals surface area (Å²) in [6.07, 6.45) is 4.21. The molecule has 6 heteroatoms. The first kappa shape index (κ1) is 12.0. The third-order valence-corrected chi connectivity index (χ3v) is 3.30. The van der Waals surface area contributed by atoms with Crippen LogP contribution in [0.1, 0.15) is 35.8 Å². The van der Waals surface area contributed by atoms with Crippen LogP contribution in [0.15, 0.2) is 17.1 Å². The van der Waals surface area contributed by atoms with Gasteiger partial charge in [0, 0.05) is 37.3 Å². The quantitative estimate of drug-likeness (QED) is 0.867. The summed E-state index contributed by atoms with van der Waals surface area (Å²) in [5.41, 5.74) is 2.00. The van der Waals surface area contributed by atoms with Gasteiger partial charge in [-0.2, -0.15) is 5.10 Å². The summed E-state index contributed by atoms with van der Waals surface area (Å²) in [6.45, 7) is 2.60. The highest BCUT2D eigenvalue weighted by Gasteiger charge is 2.26. The topological polar surface area (TPSA) is 75.6 Å². The maximum atomic E-state index is 11.6. The molecule has 2 aromatic heterocycles. The molecule has 0 radical (unpaired) electrons. The van der Waals surface area contributed by atoms with Gasteiger partial charge in [0.2, 0.25) is 0 Å². The smallest absolute Gasteiger partial charge is 0.252 e. The standard InChI is InChI=1S/C13H17N5O/c1-8-10(7-18(2)17-8)6-14-11-5-12(19)16-13(15-11)9-3-4-9/h5,7,9H,3-4,6H2,1-2H3,(H2,14,15,16,19). The van der Waals surface area contributed by atoms with Crippen molar-refractivity contribution in [1.29, 1.82) is 0 Å². The van der Waals surface area contributed by atoms with Crippen LogP contribution in [-0.4, -0.2) is 19.7 Å². The lowest BCUT2D eigenvalue weighted by atomic mass is 10.2. The van der Waals surface area contributed by atoms with Crippen molar-refractivity contribution in [2.24, 2.45) is 7.05 Å². The van der Waals surface area contributed by atoms with Crippen molar-refractivity contribution in [3.63, 3.8) is 0 Å². The molecule has 1 aliphatic carbocycles. The van der Waals surface area contributed by atoms with Gasteiger partial charge >= 0.3 is 0 Å². The molecule has 2 aromatic rings. The Morgan fingerprint density at radius 2 is 2.32 bits per heavy atom. The number of rotatable bonds is 4. The first-order valence-electron chi connectivity index (χ1n) is 6.46. The fourth-order valence-electron chi connectivity index (χ4n) is 2.13. The first-order chi connectivity index (χ1) is 9.11. The van der Waals surface area contributed by atoms with Crippen molar-refractivity contribution in [2.75, 3.05) is 5.32 Å². The minimum Gasteiger partial charge on any atom is -0.366 e. The zero-order chi connectivity index (χ0) is 13.4. The number of hydrogen-bond donors (Lipinski definition) is 2. The van der Waals surface area contributed by atoms with Crippen LogP contribution in [0.4, 0.5) is 5.82 Å². The van der Waals surface area contributed by atoms with Crippen LogP contribution in [0, 0.1) is 6.92 Å². The van der Waals surface area contributed by atoms with Gasteiger partial charge in [-0.25, -0.2) is 4.98 Å². The molecule has 3 rings (SSSR count). The Bertz CT molecular complexity index is 653. The Morgan fingerprint density at radius 1 is 1.53 bits per heavy atom. The Labute approximate surface area is 110 Å². The summed E-state index contributed by atoms with van der Waals surface area (Å²) >= 11 is 0. The molecule has 0 saturated heterocycles. The summed E-state index contributed by atoms with van der Waals surface area (Å²) in [4.78, 5) is 18.8. The van der Waals surface area contributed by atoms with Crippen molar-refractivity contribution < 1.29 is 0 Å². The van der Waals surface area contributed by atoms with E-state index in [-0.39, 0.29) is 5.56 Å². The zero-order valence-corrected chi connectivity index (χ0v) is 11.1. The second kappa shape index (κ2) is 4.53. The molecule has 19 heavy (non-hydrogen) atoms. The molecule has 0 bridgehead atoms. The summed E-state index contributed by atoms with van der Waals surface area (Å²) in [5.74, 6) is 1.88. The SMILES string of the molecule is Cc1nn(C)cc1CNc1cc(=O)[nH]c(C2CC2)n1. The van der Waals surface area contributed by atoms with Crippen LogP contribution in [0.3, 0.4) is 0 Å². The monoisotopic (exact) mass is 259 g/mol. The molecule has 1 saturated carbocycles. The average molecular weight is 259 g/mol. The number of aryl methyl sites for hydroxylation is 2. The van der Waals surface area contributed by atoms with Gasteiger partial charge in [-0.15, -0.1) is 0 Å². The van der Waals surface area contributed by atoms with E-state index in [1.54, 1.807) is 4.68 Å². The molecule has 0 atom stereocenters. The van der Waals surface area contributed by atoms with E-state index in [9.17, 15) is 4.79 Å². The minimum atomic E-state index is -0.0951. The Balaban J connectivity index is 1.76. The maximum absolute atomic E-state index is 11.6. The predicted octanol–water partition coefficient (Wildman–Crippen LogP) is 1.30. The molecule has 2 heterocycles. The first-order valence-corrected chi connectivity index (χ1v) is 6.46. The molecular weight excluding hydrogens is 242 g/mol. The number of aromatic amines is 1. The van der Waals surface area contributed by atoms with Crippen molar-refractivity contribution in [1.82, 2.24) is 19.7 Å². The Morgan fingerprint density at radius 3 is 2.95 bits per heavy atom. The lowest BCUT2D eigenvalue weighted by molar-refractivity contribution is 0.756.